The largest absolute Gasteiger partial charge is 0.478 e. The minimum Gasteiger partial charge on any atom is -0.478 e. The number of carbonyl (C=O) groups is 1. The number of rotatable bonds is 5. The molecule has 1 aromatic heterocycles. The van der Waals surface area contributed by atoms with Gasteiger partial charge in [0, 0.05) is 19.1 Å². The van der Waals surface area contributed by atoms with Gasteiger partial charge in [0.05, 0.1) is 16.6 Å². The van der Waals surface area contributed by atoms with Crippen LogP contribution >= 0.6 is 0 Å². The molecule has 0 spiro atoms. The number of hydrogen-bond donors (Lipinski definition) is 1. The lowest BCUT2D eigenvalue weighted by Gasteiger charge is -2.21. The van der Waals surface area contributed by atoms with Crippen LogP contribution in [0.5, 0.6) is 0 Å². The second-order valence-electron chi connectivity index (χ2n) is 5.36. The molecule has 0 saturated carbocycles. The summed E-state index contributed by atoms with van der Waals surface area (Å²) in [6.45, 7) is 7.79. The second kappa shape index (κ2) is 5.63. The van der Waals surface area contributed by atoms with Gasteiger partial charge >= 0.3 is 5.97 Å². The van der Waals surface area contributed by atoms with Crippen LogP contribution in [0.2, 0.25) is 0 Å². The minimum atomic E-state index is -0.908. The Kier molecular flexibility index (Phi) is 4.09. The van der Waals surface area contributed by atoms with Gasteiger partial charge in [-0.25, -0.2) is 9.78 Å². The van der Waals surface area contributed by atoms with Gasteiger partial charge in [-0.2, -0.15) is 0 Å². The average Bonchev–Trinajstić information content (AvgIpc) is 2.70. The molecule has 5 heteroatoms. The highest BCUT2D eigenvalue weighted by molar-refractivity contribution is 6.01. The molecule has 0 radical (unpaired) electrons. The summed E-state index contributed by atoms with van der Waals surface area (Å²) in [6.07, 6.45) is 0. The number of benzene rings is 1. The van der Waals surface area contributed by atoms with E-state index in [0.29, 0.717) is 11.6 Å². The highest BCUT2D eigenvalue weighted by atomic mass is 16.4. The number of aryl methyl sites for hydroxylation is 1. The van der Waals surface area contributed by atoms with Gasteiger partial charge < -0.3 is 14.6 Å². The zero-order valence-corrected chi connectivity index (χ0v) is 12.4. The summed E-state index contributed by atoms with van der Waals surface area (Å²) in [5, 5.41) is 9.33. The third kappa shape index (κ3) is 2.67. The van der Waals surface area contributed by atoms with Crippen LogP contribution in [-0.2, 0) is 6.54 Å². The van der Waals surface area contributed by atoms with Gasteiger partial charge in [-0.1, -0.05) is 6.07 Å². The first kappa shape index (κ1) is 14.5. The number of imidazole rings is 1. The van der Waals surface area contributed by atoms with E-state index in [2.05, 4.69) is 30.8 Å². The molecule has 108 valence electrons. The Morgan fingerprint density at radius 3 is 2.75 bits per heavy atom. The van der Waals surface area contributed by atoms with E-state index in [9.17, 15) is 9.90 Å². The SMILES string of the molecule is Cc1nc2cccc(C(=O)O)c2n1CCN(C)C(C)C. The average molecular weight is 275 g/mol. The van der Waals surface area contributed by atoms with Crippen LogP contribution in [0.1, 0.15) is 30.0 Å². The molecule has 0 fully saturated rings. The van der Waals surface area contributed by atoms with Gasteiger partial charge in [-0.3, -0.25) is 0 Å². The fraction of sp³-hybridized carbons (Fsp3) is 0.467. The molecule has 1 N–H and O–H groups in total. The highest BCUT2D eigenvalue weighted by Gasteiger charge is 2.16. The van der Waals surface area contributed by atoms with E-state index in [1.165, 1.54) is 0 Å². The number of aromatic carboxylic acids is 1. The third-order valence-electron chi connectivity index (χ3n) is 3.75. The molecule has 1 aromatic carbocycles. The van der Waals surface area contributed by atoms with Crippen molar-refractivity contribution >= 4 is 17.0 Å². The quantitative estimate of drug-likeness (QED) is 0.910. The summed E-state index contributed by atoms with van der Waals surface area (Å²) in [5.41, 5.74) is 1.78. The van der Waals surface area contributed by atoms with Crippen LogP contribution < -0.4 is 0 Å². The second-order valence-corrected chi connectivity index (χ2v) is 5.36. The summed E-state index contributed by atoms with van der Waals surface area (Å²) in [4.78, 5) is 18.1. The highest BCUT2D eigenvalue weighted by Crippen LogP contribution is 2.20. The number of aromatic nitrogens is 2. The summed E-state index contributed by atoms with van der Waals surface area (Å²) in [5.74, 6) is -0.0557. The molecule has 1 heterocycles. The Hall–Kier alpha value is -1.88. The summed E-state index contributed by atoms with van der Waals surface area (Å²) in [7, 11) is 2.07. The molecule has 0 unspecified atom stereocenters. The van der Waals surface area contributed by atoms with Crippen LogP contribution in [0.25, 0.3) is 11.0 Å². The lowest BCUT2D eigenvalue weighted by molar-refractivity contribution is 0.0698. The molecule has 5 nitrogen and oxygen atoms in total. The Labute approximate surface area is 118 Å². The minimum absolute atomic E-state index is 0.315. The van der Waals surface area contributed by atoms with E-state index in [1.807, 2.05) is 17.6 Å². The van der Waals surface area contributed by atoms with Crippen LogP contribution in [0.3, 0.4) is 0 Å². The first-order chi connectivity index (χ1) is 9.41. The van der Waals surface area contributed by atoms with Crippen molar-refractivity contribution in [3.63, 3.8) is 0 Å². The van der Waals surface area contributed by atoms with Crippen LogP contribution in [-0.4, -0.2) is 45.2 Å². The number of para-hydroxylation sites is 1. The molecular weight excluding hydrogens is 254 g/mol. The summed E-state index contributed by atoms with van der Waals surface area (Å²) >= 11 is 0. The molecule has 0 aliphatic heterocycles. The Morgan fingerprint density at radius 2 is 2.15 bits per heavy atom. The lowest BCUT2D eigenvalue weighted by Crippen LogP contribution is -2.30. The molecule has 0 amide bonds. The summed E-state index contributed by atoms with van der Waals surface area (Å²) < 4.78 is 2.00. The van der Waals surface area contributed by atoms with Crippen molar-refractivity contribution in [3.05, 3.63) is 29.6 Å². The van der Waals surface area contributed by atoms with E-state index < -0.39 is 5.97 Å². The number of carboxylic acid groups (broad SMARTS) is 1. The molecule has 0 aliphatic carbocycles. The zero-order valence-electron chi connectivity index (χ0n) is 12.4. The molecule has 20 heavy (non-hydrogen) atoms. The number of fused-ring (bicyclic) bond motifs is 1. The van der Waals surface area contributed by atoms with Crippen molar-refractivity contribution in [1.82, 2.24) is 14.5 Å². The number of hydrogen-bond acceptors (Lipinski definition) is 3. The topological polar surface area (TPSA) is 58.4 Å². The van der Waals surface area contributed by atoms with Crippen molar-refractivity contribution in [2.45, 2.75) is 33.4 Å². The molecular formula is C15H21N3O2. The molecule has 2 aromatic rings. The smallest absolute Gasteiger partial charge is 0.337 e. The van der Waals surface area contributed by atoms with Gasteiger partial charge in [-0.05, 0) is 40.0 Å². The predicted molar refractivity (Wildman–Crippen MR) is 79.2 cm³/mol. The summed E-state index contributed by atoms with van der Waals surface area (Å²) in [6, 6.07) is 5.69. The Balaban J connectivity index is 2.42. The maximum Gasteiger partial charge on any atom is 0.337 e. The maximum absolute atomic E-state index is 11.4. The van der Waals surface area contributed by atoms with Crippen molar-refractivity contribution < 1.29 is 9.90 Å². The van der Waals surface area contributed by atoms with Crippen molar-refractivity contribution in [2.75, 3.05) is 13.6 Å². The van der Waals surface area contributed by atoms with Gasteiger partial charge in [0.25, 0.3) is 0 Å². The Bertz CT molecular complexity index is 631. The van der Waals surface area contributed by atoms with Gasteiger partial charge in [-0.15, -0.1) is 0 Å². The normalized spacial score (nSPS) is 11.7. The lowest BCUT2D eigenvalue weighted by atomic mass is 10.2. The van der Waals surface area contributed by atoms with E-state index in [-0.39, 0.29) is 0 Å². The molecule has 0 atom stereocenters. The van der Waals surface area contributed by atoms with Crippen LogP contribution in [0.4, 0.5) is 0 Å². The monoisotopic (exact) mass is 275 g/mol. The van der Waals surface area contributed by atoms with E-state index in [4.69, 9.17) is 0 Å². The third-order valence-corrected chi connectivity index (χ3v) is 3.75. The molecule has 0 aliphatic rings. The van der Waals surface area contributed by atoms with E-state index >= 15 is 0 Å². The Morgan fingerprint density at radius 1 is 1.45 bits per heavy atom. The first-order valence-electron chi connectivity index (χ1n) is 6.81. The molecule has 0 saturated heterocycles. The first-order valence-corrected chi connectivity index (χ1v) is 6.81. The van der Waals surface area contributed by atoms with Gasteiger partial charge in [0.15, 0.2) is 0 Å². The number of likely N-dealkylation sites (N-methyl/N-ethyl adjacent to an activating group) is 1. The fourth-order valence-corrected chi connectivity index (χ4v) is 2.26. The fourth-order valence-electron chi connectivity index (χ4n) is 2.26. The van der Waals surface area contributed by atoms with Gasteiger partial charge in [0.2, 0.25) is 0 Å². The molecule has 0 bridgehead atoms. The number of carboxylic acids is 1. The molecule has 2 rings (SSSR count). The van der Waals surface area contributed by atoms with E-state index in [1.54, 1.807) is 12.1 Å². The van der Waals surface area contributed by atoms with Crippen molar-refractivity contribution in [3.8, 4) is 0 Å². The van der Waals surface area contributed by atoms with E-state index in [0.717, 1.165) is 29.9 Å². The predicted octanol–water partition coefficient (Wildman–Crippen LogP) is 2.38. The van der Waals surface area contributed by atoms with Crippen LogP contribution in [0.15, 0.2) is 18.2 Å². The van der Waals surface area contributed by atoms with Gasteiger partial charge in [0.1, 0.15) is 5.82 Å². The van der Waals surface area contributed by atoms with Crippen LogP contribution in [0, 0.1) is 6.92 Å². The standard InChI is InChI=1S/C15H21N3O2/c1-10(2)17(4)8-9-18-11(3)16-13-7-5-6-12(14(13)18)15(19)20/h5-7,10H,8-9H2,1-4H3,(H,19,20). The van der Waals surface area contributed by atoms with Crippen molar-refractivity contribution in [1.29, 1.82) is 0 Å². The maximum atomic E-state index is 11.4. The zero-order chi connectivity index (χ0) is 14.9. The van der Waals surface area contributed by atoms with Crippen molar-refractivity contribution in [2.24, 2.45) is 0 Å². The number of nitrogens with zero attached hydrogens (tertiary/aromatic N) is 3.